The minimum absolute atomic E-state index is 0.119. The van der Waals surface area contributed by atoms with Crippen molar-refractivity contribution in [3.8, 4) is 11.6 Å². The summed E-state index contributed by atoms with van der Waals surface area (Å²) in [5, 5.41) is 2.79. The van der Waals surface area contributed by atoms with Crippen LogP contribution in [0.25, 0.3) is 0 Å². The number of pyridine rings is 1. The number of aromatic amines is 1. The van der Waals surface area contributed by atoms with E-state index in [2.05, 4.69) is 10.3 Å². The second kappa shape index (κ2) is 6.69. The first-order valence-corrected chi connectivity index (χ1v) is 7.51. The number of carbonyl (C=O) groups is 1. The molecule has 2 N–H and O–H groups in total. The minimum atomic E-state index is -0.516. The van der Waals surface area contributed by atoms with Crippen LogP contribution in [-0.2, 0) is 11.3 Å². The van der Waals surface area contributed by atoms with Crippen LogP contribution in [0.5, 0.6) is 11.6 Å². The average molecular weight is 314 g/mol. The first kappa shape index (κ1) is 16.8. The molecule has 0 fully saturated rings. The van der Waals surface area contributed by atoms with Crippen molar-refractivity contribution in [2.45, 2.75) is 34.2 Å². The fraction of sp³-hybridized carbons (Fsp3) is 0.333. The highest BCUT2D eigenvalue weighted by atomic mass is 16.5. The first-order chi connectivity index (χ1) is 10.8. The lowest BCUT2D eigenvalue weighted by Gasteiger charge is -2.18. The molecule has 0 spiro atoms. The molecule has 1 amide bonds. The van der Waals surface area contributed by atoms with Crippen LogP contribution in [0.3, 0.4) is 0 Å². The Morgan fingerprint density at radius 2 is 1.87 bits per heavy atom. The molecule has 2 aromatic rings. The van der Waals surface area contributed by atoms with Crippen LogP contribution in [0, 0.1) is 12.3 Å². The lowest BCUT2D eigenvalue weighted by molar-refractivity contribution is -0.128. The van der Waals surface area contributed by atoms with Crippen molar-refractivity contribution < 1.29 is 9.53 Å². The van der Waals surface area contributed by atoms with E-state index in [9.17, 15) is 9.59 Å². The molecule has 0 radical (unpaired) electrons. The fourth-order valence-electron chi connectivity index (χ4n) is 1.98. The van der Waals surface area contributed by atoms with E-state index in [1.165, 1.54) is 6.07 Å². The lowest BCUT2D eigenvalue weighted by Crippen LogP contribution is -2.35. The Morgan fingerprint density at radius 1 is 1.22 bits per heavy atom. The smallest absolute Gasteiger partial charge is 0.225 e. The molecule has 0 bridgehead atoms. The van der Waals surface area contributed by atoms with Crippen LogP contribution in [0.1, 0.15) is 32.0 Å². The topological polar surface area (TPSA) is 71.2 Å². The van der Waals surface area contributed by atoms with Crippen LogP contribution < -0.4 is 15.5 Å². The molecule has 0 saturated carbocycles. The summed E-state index contributed by atoms with van der Waals surface area (Å²) in [4.78, 5) is 27.3. The van der Waals surface area contributed by atoms with Gasteiger partial charge in [0.15, 0.2) is 5.43 Å². The number of aryl methyl sites for hydroxylation is 1. The predicted molar refractivity (Wildman–Crippen MR) is 89.6 cm³/mol. The maximum atomic E-state index is 12.3. The van der Waals surface area contributed by atoms with Gasteiger partial charge in [-0.05, 0) is 19.1 Å². The highest BCUT2D eigenvalue weighted by Gasteiger charge is 2.22. The highest BCUT2D eigenvalue weighted by molar-refractivity contribution is 5.81. The highest BCUT2D eigenvalue weighted by Crippen LogP contribution is 2.22. The van der Waals surface area contributed by atoms with Gasteiger partial charge in [0.05, 0.1) is 12.1 Å². The summed E-state index contributed by atoms with van der Waals surface area (Å²) in [6.07, 6.45) is 0. The molecular weight excluding hydrogens is 292 g/mol. The van der Waals surface area contributed by atoms with E-state index < -0.39 is 5.41 Å². The van der Waals surface area contributed by atoms with Gasteiger partial charge in [0.25, 0.3) is 0 Å². The molecule has 1 aromatic heterocycles. The van der Waals surface area contributed by atoms with E-state index in [-0.39, 0.29) is 17.9 Å². The van der Waals surface area contributed by atoms with Crippen LogP contribution in [-0.4, -0.2) is 10.9 Å². The van der Waals surface area contributed by atoms with Crippen molar-refractivity contribution in [2.24, 2.45) is 5.41 Å². The summed E-state index contributed by atoms with van der Waals surface area (Å²) in [5.41, 5.74) is 0.419. The minimum Gasteiger partial charge on any atom is -0.441 e. The molecule has 0 unspecified atom stereocenters. The standard InChI is InChI=1S/C18H22N2O3/c1-12-10-15(21)14(11-19-17(22)18(2,3)4)16(20-12)23-13-8-6-5-7-9-13/h5-10H,11H2,1-4H3,(H,19,22)(H,20,21). The van der Waals surface area contributed by atoms with Crippen LogP contribution in [0.2, 0.25) is 0 Å². The number of benzene rings is 1. The van der Waals surface area contributed by atoms with Gasteiger partial charge in [-0.2, -0.15) is 0 Å². The van der Waals surface area contributed by atoms with E-state index in [0.29, 0.717) is 22.9 Å². The van der Waals surface area contributed by atoms with Gasteiger partial charge in [-0.25, -0.2) is 0 Å². The molecule has 0 aliphatic heterocycles. The molecule has 122 valence electrons. The molecule has 2 rings (SSSR count). The summed E-state index contributed by atoms with van der Waals surface area (Å²) in [7, 11) is 0. The molecule has 0 aliphatic rings. The number of rotatable bonds is 4. The molecule has 1 heterocycles. The molecular formula is C18H22N2O3. The van der Waals surface area contributed by atoms with Crippen molar-refractivity contribution in [1.29, 1.82) is 0 Å². The Labute approximate surface area is 135 Å². The number of ether oxygens (including phenoxy) is 1. The third-order valence-electron chi connectivity index (χ3n) is 3.30. The molecule has 1 aromatic carbocycles. The Kier molecular flexibility index (Phi) is 4.89. The Morgan fingerprint density at radius 3 is 2.48 bits per heavy atom. The third kappa shape index (κ3) is 4.45. The van der Waals surface area contributed by atoms with Gasteiger partial charge in [-0.15, -0.1) is 0 Å². The largest absolute Gasteiger partial charge is 0.441 e. The lowest BCUT2D eigenvalue weighted by atomic mass is 9.95. The summed E-state index contributed by atoms with van der Waals surface area (Å²) in [6.45, 7) is 7.37. The number of hydrogen-bond donors (Lipinski definition) is 2. The molecule has 23 heavy (non-hydrogen) atoms. The summed E-state index contributed by atoms with van der Waals surface area (Å²) < 4.78 is 5.78. The van der Waals surface area contributed by atoms with Gasteiger partial charge in [0, 0.05) is 17.2 Å². The van der Waals surface area contributed by atoms with Gasteiger partial charge in [-0.1, -0.05) is 39.0 Å². The first-order valence-electron chi connectivity index (χ1n) is 7.51. The van der Waals surface area contributed by atoms with E-state index in [1.807, 2.05) is 39.0 Å². The van der Waals surface area contributed by atoms with E-state index in [4.69, 9.17) is 4.74 Å². The van der Waals surface area contributed by atoms with E-state index in [0.717, 1.165) is 0 Å². The molecule has 5 nitrogen and oxygen atoms in total. The third-order valence-corrected chi connectivity index (χ3v) is 3.30. The second-order valence-corrected chi connectivity index (χ2v) is 6.47. The summed E-state index contributed by atoms with van der Waals surface area (Å²) in [5.74, 6) is 0.857. The summed E-state index contributed by atoms with van der Waals surface area (Å²) >= 11 is 0. The van der Waals surface area contributed by atoms with Crippen molar-refractivity contribution in [2.75, 3.05) is 0 Å². The number of aromatic nitrogens is 1. The monoisotopic (exact) mass is 314 g/mol. The zero-order chi connectivity index (χ0) is 17.0. The maximum Gasteiger partial charge on any atom is 0.225 e. The van der Waals surface area contributed by atoms with Crippen molar-refractivity contribution >= 4 is 5.91 Å². The zero-order valence-electron chi connectivity index (χ0n) is 13.9. The molecule has 5 heteroatoms. The van der Waals surface area contributed by atoms with Crippen molar-refractivity contribution in [3.63, 3.8) is 0 Å². The quantitative estimate of drug-likeness (QED) is 0.910. The molecule has 0 atom stereocenters. The van der Waals surface area contributed by atoms with Crippen molar-refractivity contribution in [3.05, 3.63) is 57.9 Å². The van der Waals surface area contributed by atoms with Crippen LogP contribution in [0.4, 0.5) is 0 Å². The Balaban J connectivity index is 2.28. The van der Waals surface area contributed by atoms with Gasteiger partial charge in [0.1, 0.15) is 5.75 Å². The SMILES string of the molecule is Cc1cc(=O)c(CNC(=O)C(C)(C)C)c(Oc2ccccc2)[nH]1. The normalized spacial score (nSPS) is 11.1. The van der Waals surface area contributed by atoms with Gasteiger partial charge < -0.3 is 15.0 Å². The Hall–Kier alpha value is -2.56. The number of amides is 1. The van der Waals surface area contributed by atoms with Gasteiger partial charge >= 0.3 is 0 Å². The van der Waals surface area contributed by atoms with Crippen molar-refractivity contribution in [1.82, 2.24) is 10.3 Å². The average Bonchev–Trinajstić information content (AvgIpc) is 2.46. The summed E-state index contributed by atoms with van der Waals surface area (Å²) in [6, 6.07) is 10.7. The number of nitrogens with one attached hydrogen (secondary N) is 2. The fourth-order valence-corrected chi connectivity index (χ4v) is 1.98. The predicted octanol–water partition coefficient (Wildman–Crippen LogP) is 3.14. The maximum absolute atomic E-state index is 12.3. The number of para-hydroxylation sites is 1. The van der Waals surface area contributed by atoms with Crippen LogP contribution >= 0.6 is 0 Å². The van der Waals surface area contributed by atoms with Gasteiger partial charge in [-0.3, -0.25) is 9.59 Å². The number of H-pyrrole nitrogens is 1. The zero-order valence-corrected chi connectivity index (χ0v) is 13.9. The number of hydrogen-bond acceptors (Lipinski definition) is 3. The molecule has 0 saturated heterocycles. The van der Waals surface area contributed by atoms with Gasteiger partial charge in [0.2, 0.25) is 11.8 Å². The van der Waals surface area contributed by atoms with E-state index in [1.54, 1.807) is 19.1 Å². The molecule has 0 aliphatic carbocycles. The van der Waals surface area contributed by atoms with E-state index >= 15 is 0 Å². The van der Waals surface area contributed by atoms with Crippen LogP contribution in [0.15, 0.2) is 41.2 Å². The number of carbonyl (C=O) groups excluding carboxylic acids is 1. The Bertz CT molecular complexity index is 743. The second-order valence-electron chi connectivity index (χ2n) is 6.47.